The lowest BCUT2D eigenvalue weighted by molar-refractivity contribution is -0.114. The molecule has 1 amide bonds. The molecule has 0 radical (unpaired) electrons. The smallest absolute Gasteiger partial charge is 0.221 e. The molecule has 0 aliphatic rings. The molecule has 25 heavy (non-hydrogen) atoms. The van der Waals surface area contributed by atoms with E-state index in [1.165, 1.54) is 6.92 Å². The molecule has 0 fully saturated rings. The standard InChI is InChI=1S/C19H15IN4O/c1-13(25)22-15-9-16(23-6-2-3-7-23)11-17(10-15)24-12-21-18-8-14(20)4-5-19(18)24/h2-12H,1H3,(H,22,25). The summed E-state index contributed by atoms with van der Waals surface area (Å²) >= 11 is 2.28. The van der Waals surface area contributed by atoms with Gasteiger partial charge in [-0.15, -0.1) is 0 Å². The second kappa shape index (κ2) is 6.36. The predicted molar refractivity (Wildman–Crippen MR) is 107 cm³/mol. The van der Waals surface area contributed by atoms with Crippen LogP contribution in [0.2, 0.25) is 0 Å². The van der Waals surface area contributed by atoms with Gasteiger partial charge in [0.25, 0.3) is 0 Å². The minimum absolute atomic E-state index is 0.0966. The Morgan fingerprint density at radius 2 is 1.84 bits per heavy atom. The van der Waals surface area contributed by atoms with Gasteiger partial charge in [0.1, 0.15) is 6.33 Å². The zero-order valence-electron chi connectivity index (χ0n) is 13.5. The van der Waals surface area contributed by atoms with Gasteiger partial charge in [0.05, 0.1) is 16.7 Å². The first-order chi connectivity index (χ1) is 12.1. The summed E-state index contributed by atoms with van der Waals surface area (Å²) in [5.74, 6) is -0.0966. The molecular formula is C19H15IN4O. The topological polar surface area (TPSA) is 51.9 Å². The van der Waals surface area contributed by atoms with Crippen molar-refractivity contribution >= 4 is 45.2 Å². The average Bonchev–Trinajstić information content (AvgIpc) is 3.23. The Kier molecular flexibility index (Phi) is 4.04. The summed E-state index contributed by atoms with van der Waals surface area (Å²) < 4.78 is 5.19. The number of imidazole rings is 1. The minimum Gasteiger partial charge on any atom is -0.326 e. The monoisotopic (exact) mass is 442 g/mol. The lowest BCUT2D eigenvalue weighted by Gasteiger charge is -2.12. The van der Waals surface area contributed by atoms with E-state index in [1.807, 2.05) is 52.1 Å². The predicted octanol–water partition coefficient (Wildman–Crippen LogP) is 4.38. The molecule has 0 spiro atoms. The maximum Gasteiger partial charge on any atom is 0.221 e. The quantitative estimate of drug-likeness (QED) is 0.479. The van der Waals surface area contributed by atoms with Crippen molar-refractivity contribution in [3.63, 3.8) is 0 Å². The first-order valence-electron chi connectivity index (χ1n) is 7.79. The number of hydrogen-bond donors (Lipinski definition) is 1. The van der Waals surface area contributed by atoms with Crippen molar-refractivity contribution < 1.29 is 4.79 Å². The number of rotatable bonds is 3. The number of halogens is 1. The third-order valence-electron chi connectivity index (χ3n) is 3.91. The fourth-order valence-electron chi connectivity index (χ4n) is 2.86. The third kappa shape index (κ3) is 3.17. The Balaban J connectivity index is 1.90. The summed E-state index contributed by atoms with van der Waals surface area (Å²) in [6, 6.07) is 16.1. The molecule has 0 unspecified atom stereocenters. The number of nitrogens with zero attached hydrogens (tertiary/aromatic N) is 3. The van der Waals surface area contributed by atoms with Crippen LogP contribution in [0, 0.1) is 3.57 Å². The fourth-order valence-corrected chi connectivity index (χ4v) is 3.33. The molecule has 124 valence electrons. The van der Waals surface area contributed by atoms with Gasteiger partial charge in [0.2, 0.25) is 5.91 Å². The molecule has 2 aromatic heterocycles. The minimum atomic E-state index is -0.0966. The van der Waals surface area contributed by atoms with E-state index in [2.05, 4.69) is 57.2 Å². The van der Waals surface area contributed by atoms with E-state index in [1.54, 1.807) is 0 Å². The molecule has 2 aromatic carbocycles. The Hall–Kier alpha value is -2.61. The van der Waals surface area contributed by atoms with E-state index < -0.39 is 0 Å². The van der Waals surface area contributed by atoms with E-state index >= 15 is 0 Å². The van der Waals surface area contributed by atoms with Crippen LogP contribution in [0.1, 0.15) is 6.92 Å². The Morgan fingerprint density at radius 1 is 1.08 bits per heavy atom. The second-order valence-corrected chi connectivity index (χ2v) is 7.00. The van der Waals surface area contributed by atoms with Gasteiger partial charge in [0, 0.05) is 34.3 Å². The highest BCUT2D eigenvalue weighted by atomic mass is 127. The molecule has 0 saturated heterocycles. The number of aromatic nitrogens is 3. The number of amides is 1. The lowest BCUT2D eigenvalue weighted by atomic mass is 10.2. The number of anilines is 1. The van der Waals surface area contributed by atoms with Crippen LogP contribution in [-0.4, -0.2) is 20.0 Å². The lowest BCUT2D eigenvalue weighted by Crippen LogP contribution is -2.07. The molecule has 2 heterocycles. The van der Waals surface area contributed by atoms with E-state index in [-0.39, 0.29) is 5.91 Å². The van der Waals surface area contributed by atoms with Crippen LogP contribution in [0.5, 0.6) is 0 Å². The summed E-state index contributed by atoms with van der Waals surface area (Å²) in [6.45, 7) is 1.51. The highest BCUT2D eigenvalue weighted by Crippen LogP contribution is 2.25. The van der Waals surface area contributed by atoms with Crippen LogP contribution < -0.4 is 5.32 Å². The van der Waals surface area contributed by atoms with Gasteiger partial charge < -0.3 is 9.88 Å². The van der Waals surface area contributed by atoms with Crippen molar-refractivity contribution in [2.24, 2.45) is 0 Å². The molecule has 6 heteroatoms. The first-order valence-corrected chi connectivity index (χ1v) is 8.87. The van der Waals surface area contributed by atoms with Crippen LogP contribution in [-0.2, 0) is 4.79 Å². The largest absolute Gasteiger partial charge is 0.326 e. The molecule has 5 nitrogen and oxygen atoms in total. The maximum absolute atomic E-state index is 11.5. The summed E-state index contributed by atoms with van der Waals surface area (Å²) in [4.78, 5) is 16.0. The van der Waals surface area contributed by atoms with Crippen molar-refractivity contribution in [2.75, 3.05) is 5.32 Å². The highest BCUT2D eigenvalue weighted by molar-refractivity contribution is 14.1. The third-order valence-corrected chi connectivity index (χ3v) is 4.58. The molecular weight excluding hydrogens is 427 g/mol. The van der Waals surface area contributed by atoms with Crippen LogP contribution >= 0.6 is 22.6 Å². The van der Waals surface area contributed by atoms with Gasteiger partial charge in [-0.05, 0) is 71.1 Å². The van der Waals surface area contributed by atoms with Crippen molar-refractivity contribution in [3.05, 3.63) is 70.8 Å². The van der Waals surface area contributed by atoms with E-state index in [9.17, 15) is 4.79 Å². The summed E-state index contributed by atoms with van der Waals surface area (Å²) in [7, 11) is 0. The summed E-state index contributed by atoms with van der Waals surface area (Å²) in [6.07, 6.45) is 5.77. The van der Waals surface area contributed by atoms with Crippen molar-refractivity contribution in [1.82, 2.24) is 14.1 Å². The van der Waals surface area contributed by atoms with E-state index in [0.717, 1.165) is 31.7 Å². The SMILES string of the molecule is CC(=O)Nc1cc(-n2cccc2)cc(-n2cnc3cc(I)ccc32)c1. The van der Waals surface area contributed by atoms with Crippen molar-refractivity contribution in [3.8, 4) is 11.4 Å². The zero-order valence-corrected chi connectivity index (χ0v) is 15.6. The molecule has 0 aliphatic carbocycles. The Labute approximate surface area is 158 Å². The zero-order chi connectivity index (χ0) is 17.4. The van der Waals surface area contributed by atoms with E-state index in [4.69, 9.17) is 0 Å². The van der Waals surface area contributed by atoms with Crippen LogP contribution in [0.15, 0.2) is 67.3 Å². The molecule has 1 N–H and O–H groups in total. The number of benzene rings is 2. The summed E-state index contributed by atoms with van der Waals surface area (Å²) in [5.41, 5.74) is 4.64. The fraction of sp³-hybridized carbons (Fsp3) is 0.0526. The number of nitrogens with one attached hydrogen (secondary N) is 1. The first kappa shape index (κ1) is 15.9. The highest BCUT2D eigenvalue weighted by Gasteiger charge is 2.09. The Morgan fingerprint density at radius 3 is 2.60 bits per heavy atom. The van der Waals surface area contributed by atoms with Gasteiger partial charge in [-0.2, -0.15) is 0 Å². The van der Waals surface area contributed by atoms with Gasteiger partial charge in [0.15, 0.2) is 0 Å². The molecule has 4 rings (SSSR count). The molecule has 4 aromatic rings. The molecule has 0 saturated carbocycles. The number of fused-ring (bicyclic) bond motifs is 1. The van der Waals surface area contributed by atoms with Gasteiger partial charge in [-0.1, -0.05) is 0 Å². The van der Waals surface area contributed by atoms with Gasteiger partial charge in [-0.25, -0.2) is 4.98 Å². The number of carbonyl (C=O) groups excluding carboxylic acids is 1. The number of hydrogen-bond acceptors (Lipinski definition) is 2. The normalized spacial score (nSPS) is 11.0. The number of carbonyl (C=O) groups is 1. The van der Waals surface area contributed by atoms with E-state index in [0.29, 0.717) is 0 Å². The molecule has 0 atom stereocenters. The van der Waals surface area contributed by atoms with Gasteiger partial charge >= 0.3 is 0 Å². The Bertz CT molecular complexity index is 1070. The average molecular weight is 442 g/mol. The van der Waals surface area contributed by atoms with Crippen LogP contribution in [0.3, 0.4) is 0 Å². The van der Waals surface area contributed by atoms with Crippen molar-refractivity contribution in [1.29, 1.82) is 0 Å². The maximum atomic E-state index is 11.5. The molecule has 0 bridgehead atoms. The molecule has 0 aliphatic heterocycles. The van der Waals surface area contributed by atoms with Gasteiger partial charge in [-0.3, -0.25) is 9.36 Å². The van der Waals surface area contributed by atoms with Crippen LogP contribution in [0.4, 0.5) is 5.69 Å². The van der Waals surface area contributed by atoms with Crippen LogP contribution in [0.25, 0.3) is 22.4 Å². The van der Waals surface area contributed by atoms with Crippen molar-refractivity contribution in [2.45, 2.75) is 6.92 Å². The summed E-state index contributed by atoms with van der Waals surface area (Å²) in [5, 5.41) is 2.88. The second-order valence-electron chi connectivity index (χ2n) is 5.76.